The first kappa shape index (κ1) is 17.7. The molecule has 0 saturated carbocycles. The number of pyridine rings is 1. The summed E-state index contributed by atoms with van der Waals surface area (Å²) in [5.74, 6) is 0.740. The third-order valence-electron chi connectivity index (χ3n) is 4.81. The lowest BCUT2D eigenvalue weighted by molar-refractivity contribution is -0.349. The van der Waals surface area contributed by atoms with Crippen molar-refractivity contribution in [1.82, 2.24) is 9.55 Å². The van der Waals surface area contributed by atoms with Gasteiger partial charge in [-0.1, -0.05) is 42.5 Å². The fourth-order valence-electron chi connectivity index (χ4n) is 3.37. The van der Waals surface area contributed by atoms with Gasteiger partial charge in [0.15, 0.2) is 0 Å². The Morgan fingerprint density at radius 2 is 1.75 bits per heavy atom. The Balaban J connectivity index is 1.83. The van der Waals surface area contributed by atoms with Crippen LogP contribution in [-0.4, -0.2) is 16.7 Å². The Bertz CT molecular complexity index is 1230. The van der Waals surface area contributed by atoms with Crippen LogP contribution >= 0.6 is 0 Å². The summed E-state index contributed by atoms with van der Waals surface area (Å²) in [6.45, 7) is 0.457. The monoisotopic (exact) mass is 374 g/mol. The molecule has 0 spiro atoms. The average Bonchev–Trinajstić information content (AvgIpc) is 2.74. The molecule has 140 valence electrons. The van der Waals surface area contributed by atoms with E-state index in [9.17, 15) is 9.59 Å². The van der Waals surface area contributed by atoms with Crippen molar-refractivity contribution < 1.29 is 9.72 Å². The van der Waals surface area contributed by atoms with Gasteiger partial charge in [-0.2, -0.15) is 4.57 Å². The third kappa shape index (κ3) is 3.32. The average molecular weight is 374 g/mol. The van der Waals surface area contributed by atoms with Crippen molar-refractivity contribution in [2.45, 2.75) is 13.0 Å². The minimum absolute atomic E-state index is 0.404. The van der Waals surface area contributed by atoms with Gasteiger partial charge in [0, 0.05) is 12.0 Å². The number of fused-ring (bicyclic) bond motifs is 1. The molecule has 2 heterocycles. The molecule has 0 unspecified atom stereocenters. The Hall–Kier alpha value is -3.67. The van der Waals surface area contributed by atoms with E-state index in [2.05, 4.69) is 9.97 Å². The number of aromatic amines is 2. The van der Waals surface area contributed by atoms with Crippen LogP contribution in [-0.2, 0) is 13.0 Å². The lowest BCUT2D eigenvalue weighted by Crippen LogP contribution is -2.34. The zero-order valence-electron chi connectivity index (χ0n) is 15.4. The van der Waals surface area contributed by atoms with Gasteiger partial charge in [0.25, 0.3) is 11.2 Å². The highest BCUT2D eigenvalue weighted by atomic mass is 16.5. The molecule has 6 heteroatoms. The van der Waals surface area contributed by atoms with Gasteiger partial charge >= 0.3 is 5.69 Å². The smallest absolute Gasteiger partial charge is 0.415 e. The zero-order chi connectivity index (χ0) is 19.5. The van der Waals surface area contributed by atoms with E-state index in [0.717, 1.165) is 22.4 Å². The molecular weight excluding hydrogens is 354 g/mol. The second-order valence-corrected chi connectivity index (χ2v) is 6.49. The van der Waals surface area contributed by atoms with E-state index in [-0.39, 0.29) is 0 Å². The van der Waals surface area contributed by atoms with E-state index in [1.165, 1.54) is 0 Å². The first-order chi connectivity index (χ1) is 13.7. The first-order valence-corrected chi connectivity index (χ1v) is 9.03. The summed E-state index contributed by atoms with van der Waals surface area (Å²) in [5, 5.41) is 0.459. The maximum Gasteiger partial charge on any atom is 0.415 e. The van der Waals surface area contributed by atoms with Crippen LogP contribution in [0.5, 0.6) is 5.75 Å². The SMILES string of the molecule is COc1ccc(-c2cc[nH+]c3c2c(=O)[nH]c(=O)n3CCc2ccccc2)cc1. The third-order valence-corrected chi connectivity index (χ3v) is 4.81. The summed E-state index contributed by atoms with van der Waals surface area (Å²) >= 11 is 0. The summed E-state index contributed by atoms with van der Waals surface area (Å²) in [6, 6.07) is 19.3. The van der Waals surface area contributed by atoms with Crippen LogP contribution in [0.3, 0.4) is 0 Å². The molecule has 0 saturated heterocycles. The van der Waals surface area contributed by atoms with Crippen molar-refractivity contribution in [3.8, 4) is 16.9 Å². The molecule has 0 fully saturated rings. The molecule has 6 nitrogen and oxygen atoms in total. The lowest BCUT2D eigenvalue weighted by atomic mass is 10.0. The van der Waals surface area contributed by atoms with Crippen molar-refractivity contribution in [2.75, 3.05) is 7.11 Å². The molecule has 2 aromatic carbocycles. The number of ether oxygens (including phenoxy) is 1. The summed E-state index contributed by atoms with van der Waals surface area (Å²) in [4.78, 5) is 30.7. The highest BCUT2D eigenvalue weighted by Gasteiger charge is 2.19. The number of hydrogen-bond acceptors (Lipinski definition) is 3. The molecule has 0 bridgehead atoms. The van der Waals surface area contributed by atoms with Gasteiger partial charge in [-0.05, 0) is 29.3 Å². The number of H-pyrrole nitrogens is 2. The largest absolute Gasteiger partial charge is 0.497 e. The van der Waals surface area contributed by atoms with Crippen LogP contribution in [0, 0.1) is 0 Å². The van der Waals surface area contributed by atoms with E-state index in [1.54, 1.807) is 17.9 Å². The van der Waals surface area contributed by atoms with E-state index in [1.807, 2.05) is 60.7 Å². The minimum Gasteiger partial charge on any atom is -0.497 e. The van der Waals surface area contributed by atoms with Gasteiger partial charge in [0.05, 0.1) is 19.9 Å². The van der Waals surface area contributed by atoms with Gasteiger partial charge in [-0.15, -0.1) is 0 Å². The number of aryl methyl sites for hydroxylation is 2. The van der Waals surface area contributed by atoms with Crippen LogP contribution in [0.15, 0.2) is 76.4 Å². The molecule has 0 atom stereocenters. The Morgan fingerprint density at radius 3 is 2.46 bits per heavy atom. The number of rotatable bonds is 5. The molecule has 28 heavy (non-hydrogen) atoms. The van der Waals surface area contributed by atoms with E-state index < -0.39 is 11.2 Å². The number of nitrogens with zero attached hydrogens (tertiary/aromatic N) is 1. The normalized spacial score (nSPS) is 10.9. The Labute approximate surface area is 161 Å². The number of nitrogens with one attached hydrogen (secondary N) is 2. The number of hydrogen-bond donors (Lipinski definition) is 1. The molecule has 2 aromatic heterocycles. The van der Waals surface area contributed by atoms with E-state index in [0.29, 0.717) is 24.0 Å². The fourth-order valence-corrected chi connectivity index (χ4v) is 3.37. The predicted octanol–water partition coefficient (Wildman–Crippen LogP) is 2.42. The quantitative estimate of drug-likeness (QED) is 0.583. The van der Waals surface area contributed by atoms with Gasteiger partial charge in [-0.3, -0.25) is 9.78 Å². The van der Waals surface area contributed by atoms with E-state index in [4.69, 9.17) is 4.74 Å². The maximum atomic E-state index is 12.6. The van der Waals surface area contributed by atoms with Gasteiger partial charge in [-0.25, -0.2) is 9.78 Å². The van der Waals surface area contributed by atoms with Crippen molar-refractivity contribution in [3.05, 3.63) is 93.3 Å². The molecule has 2 N–H and O–H groups in total. The lowest BCUT2D eigenvalue weighted by Gasteiger charge is -2.07. The minimum atomic E-state index is -0.420. The van der Waals surface area contributed by atoms with Crippen molar-refractivity contribution >= 4 is 11.0 Å². The van der Waals surface area contributed by atoms with Crippen LogP contribution in [0.1, 0.15) is 5.56 Å². The molecule has 0 amide bonds. The Morgan fingerprint density at radius 1 is 1.00 bits per heavy atom. The number of methoxy groups -OCH3 is 1. The summed E-state index contributed by atoms with van der Waals surface area (Å²) in [7, 11) is 1.61. The molecule has 0 radical (unpaired) electrons. The molecule has 4 aromatic rings. The summed E-state index contributed by atoms with van der Waals surface area (Å²) < 4.78 is 6.79. The number of benzene rings is 2. The van der Waals surface area contributed by atoms with Crippen LogP contribution in [0.2, 0.25) is 0 Å². The fraction of sp³-hybridized carbons (Fsp3) is 0.136. The zero-order valence-corrected chi connectivity index (χ0v) is 15.4. The molecule has 0 aliphatic carbocycles. The van der Waals surface area contributed by atoms with Gasteiger partial charge < -0.3 is 4.74 Å². The summed E-state index contributed by atoms with van der Waals surface area (Å²) in [6.07, 6.45) is 2.43. The second kappa shape index (κ2) is 7.52. The highest BCUT2D eigenvalue weighted by molar-refractivity contribution is 5.90. The van der Waals surface area contributed by atoms with Crippen LogP contribution < -0.4 is 21.0 Å². The standard InChI is InChI=1S/C22H19N3O3/c1-28-17-9-7-16(8-10-17)18-11-13-23-20-19(18)21(26)24-22(27)25(20)14-12-15-5-3-2-4-6-15/h2-11,13H,12,14H2,1H3,(H,24,26,27)/p+1. The van der Waals surface area contributed by atoms with Gasteiger partial charge in [0.1, 0.15) is 11.1 Å². The predicted molar refractivity (Wildman–Crippen MR) is 108 cm³/mol. The second-order valence-electron chi connectivity index (χ2n) is 6.49. The van der Waals surface area contributed by atoms with Crippen molar-refractivity contribution in [3.63, 3.8) is 0 Å². The number of aromatic nitrogens is 3. The highest BCUT2D eigenvalue weighted by Crippen LogP contribution is 2.25. The van der Waals surface area contributed by atoms with E-state index >= 15 is 0 Å². The molecule has 0 aliphatic heterocycles. The molecular formula is C22H20N3O3+. The van der Waals surface area contributed by atoms with Crippen molar-refractivity contribution in [2.24, 2.45) is 0 Å². The van der Waals surface area contributed by atoms with Crippen LogP contribution in [0.4, 0.5) is 0 Å². The first-order valence-electron chi connectivity index (χ1n) is 9.03. The summed E-state index contributed by atoms with van der Waals surface area (Å²) in [5.41, 5.74) is 2.44. The molecule has 4 rings (SSSR count). The Kier molecular flexibility index (Phi) is 4.76. The molecule has 0 aliphatic rings. The van der Waals surface area contributed by atoms with Gasteiger partial charge in [0.2, 0.25) is 0 Å². The maximum absolute atomic E-state index is 12.6. The van der Waals surface area contributed by atoms with Crippen molar-refractivity contribution in [1.29, 1.82) is 0 Å². The topological polar surface area (TPSA) is 78.2 Å². The van der Waals surface area contributed by atoms with Crippen LogP contribution in [0.25, 0.3) is 22.2 Å².